The van der Waals surface area contributed by atoms with E-state index in [1.807, 2.05) is 57.4 Å². The van der Waals surface area contributed by atoms with Crippen molar-refractivity contribution in [1.82, 2.24) is 10.2 Å². The zero-order valence-corrected chi connectivity index (χ0v) is 14.2. The van der Waals surface area contributed by atoms with Gasteiger partial charge in [-0.25, -0.2) is 0 Å². The van der Waals surface area contributed by atoms with Crippen LogP contribution >= 0.6 is 11.3 Å². The van der Waals surface area contributed by atoms with E-state index < -0.39 is 0 Å². The third-order valence-electron chi connectivity index (χ3n) is 3.54. The number of likely N-dealkylation sites (N-methyl/N-ethyl adjacent to an activating group) is 1. The van der Waals surface area contributed by atoms with Crippen molar-refractivity contribution >= 4 is 17.2 Å². The fraction of sp³-hybridized carbons (Fsp3) is 0.353. The Morgan fingerprint density at radius 2 is 2.00 bits per heavy atom. The van der Waals surface area contributed by atoms with Crippen LogP contribution in [0.2, 0.25) is 0 Å². The molecule has 1 amide bonds. The Balaban J connectivity index is 2.11. The molecule has 2 rings (SSSR count). The third-order valence-corrected chi connectivity index (χ3v) is 4.54. The van der Waals surface area contributed by atoms with Crippen molar-refractivity contribution in [2.24, 2.45) is 0 Å². The average molecular weight is 318 g/mol. The molecule has 0 radical (unpaired) electrons. The average Bonchev–Trinajstić information content (AvgIpc) is 2.94. The first-order chi connectivity index (χ1) is 10.5. The predicted molar refractivity (Wildman–Crippen MR) is 90.8 cm³/mol. The molecule has 0 saturated heterocycles. The SMILES string of the molecule is COc1ccccc1C(CNC(=O)c1ccc(C)s1)N(C)C. The second-order valence-corrected chi connectivity index (χ2v) is 6.63. The van der Waals surface area contributed by atoms with Gasteiger partial charge < -0.3 is 15.0 Å². The third kappa shape index (κ3) is 3.87. The first-order valence-electron chi connectivity index (χ1n) is 7.17. The molecule has 0 aliphatic heterocycles. The number of benzene rings is 1. The van der Waals surface area contributed by atoms with Crippen LogP contribution in [-0.2, 0) is 0 Å². The van der Waals surface area contributed by atoms with E-state index in [2.05, 4.69) is 10.2 Å². The molecule has 1 aromatic heterocycles. The Bertz CT molecular complexity index is 637. The number of aryl methyl sites for hydroxylation is 1. The maximum absolute atomic E-state index is 12.2. The molecular formula is C17H22N2O2S. The van der Waals surface area contributed by atoms with Crippen molar-refractivity contribution in [1.29, 1.82) is 0 Å². The van der Waals surface area contributed by atoms with Gasteiger partial charge in [-0.2, -0.15) is 0 Å². The maximum Gasteiger partial charge on any atom is 0.261 e. The molecule has 0 aliphatic rings. The molecule has 0 saturated carbocycles. The summed E-state index contributed by atoms with van der Waals surface area (Å²) in [5, 5.41) is 3.02. The van der Waals surface area contributed by atoms with Crippen molar-refractivity contribution in [3.63, 3.8) is 0 Å². The molecule has 1 heterocycles. The number of carbonyl (C=O) groups is 1. The van der Waals surface area contributed by atoms with Crippen LogP contribution in [0.15, 0.2) is 36.4 Å². The van der Waals surface area contributed by atoms with Crippen LogP contribution in [0.25, 0.3) is 0 Å². The molecule has 0 bridgehead atoms. The normalized spacial score (nSPS) is 12.2. The van der Waals surface area contributed by atoms with Gasteiger partial charge in [-0.1, -0.05) is 18.2 Å². The monoisotopic (exact) mass is 318 g/mol. The van der Waals surface area contributed by atoms with Crippen LogP contribution in [0.5, 0.6) is 5.75 Å². The minimum Gasteiger partial charge on any atom is -0.496 e. The molecule has 0 fully saturated rings. The number of thiophene rings is 1. The Morgan fingerprint density at radius 1 is 1.27 bits per heavy atom. The van der Waals surface area contributed by atoms with Gasteiger partial charge >= 0.3 is 0 Å². The zero-order valence-electron chi connectivity index (χ0n) is 13.4. The lowest BCUT2D eigenvalue weighted by Gasteiger charge is -2.26. The number of amides is 1. The summed E-state index contributed by atoms with van der Waals surface area (Å²) in [5.41, 5.74) is 1.07. The van der Waals surface area contributed by atoms with Crippen LogP contribution in [0, 0.1) is 6.92 Å². The lowest BCUT2D eigenvalue weighted by molar-refractivity contribution is 0.0945. The number of methoxy groups -OCH3 is 1. The molecule has 1 atom stereocenters. The van der Waals surface area contributed by atoms with Gasteiger partial charge in [0.2, 0.25) is 0 Å². The largest absolute Gasteiger partial charge is 0.496 e. The lowest BCUT2D eigenvalue weighted by atomic mass is 10.0. The Kier molecular flexibility index (Phi) is 5.57. The minimum atomic E-state index is -0.0279. The van der Waals surface area contributed by atoms with Gasteiger partial charge in [0.15, 0.2) is 0 Å². The highest BCUT2D eigenvalue weighted by atomic mass is 32.1. The number of para-hydroxylation sites is 1. The highest BCUT2D eigenvalue weighted by molar-refractivity contribution is 7.13. The second kappa shape index (κ2) is 7.42. The molecule has 2 aromatic rings. The van der Waals surface area contributed by atoms with E-state index in [0.717, 1.165) is 21.1 Å². The molecule has 0 aliphatic carbocycles. The molecule has 118 valence electrons. The van der Waals surface area contributed by atoms with Crippen LogP contribution in [0.1, 0.15) is 26.2 Å². The quantitative estimate of drug-likeness (QED) is 0.890. The summed E-state index contributed by atoms with van der Waals surface area (Å²) in [5.74, 6) is 0.808. The summed E-state index contributed by atoms with van der Waals surface area (Å²) in [7, 11) is 5.66. The first-order valence-corrected chi connectivity index (χ1v) is 7.98. The zero-order chi connectivity index (χ0) is 16.1. The maximum atomic E-state index is 12.2. The molecule has 1 unspecified atom stereocenters. The molecule has 1 N–H and O–H groups in total. The molecule has 5 heteroatoms. The van der Waals surface area contributed by atoms with E-state index in [9.17, 15) is 4.79 Å². The Hall–Kier alpha value is -1.85. The van der Waals surface area contributed by atoms with E-state index in [1.165, 1.54) is 11.3 Å². The summed E-state index contributed by atoms with van der Waals surface area (Å²) in [4.78, 5) is 16.2. The summed E-state index contributed by atoms with van der Waals surface area (Å²) < 4.78 is 5.43. The molecule has 22 heavy (non-hydrogen) atoms. The molecular weight excluding hydrogens is 296 g/mol. The predicted octanol–water partition coefficient (Wildman–Crippen LogP) is 3.10. The standard InChI is InChI=1S/C17H22N2O2S/c1-12-9-10-16(22-12)17(20)18-11-14(19(2)3)13-7-5-6-8-15(13)21-4/h5-10,14H,11H2,1-4H3,(H,18,20). The van der Waals surface area contributed by atoms with Crippen LogP contribution in [-0.4, -0.2) is 38.6 Å². The minimum absolute atomic E-state index is 0.0279. The highest BCUT2D eigenvalue weighted by Crippen LogP contribution is 2.27. The number of rotatable bonds is 6. The van der Waals surface area contributed by atoms with Crippen molar-refractivity contribution in [2.75, 3.05) is 27.7 Å². The molecule has 4 nitrogen and oxygen atoms in total. The fourth-order valence-corrected chi connectivity index (χ4v) is 3.13. The number of hydrogen-bond donors (Lipinski definition) is 1. The number of hydrogen-bond acceptors (Lipinski definition) is 4. The first kappa shape index (κ1) is 16.5. The van der Waals surface area contributed by atoms with Gasteiger partial charge in [0.1, 0.15) is 5.75 Å². The van der Waals surface area contributed by atoms with Crippen LogP contribution < -0.4 is 10.1 Å². The van der Waals surface area contributed by atoms with Crippen molar-refractivity contribution in [2.45, 2.75) is 13.0 Å². The van der Waals surface area contributed by atoms with Gasteiger partial charge in [-0.3, -0.25) is 4.79 Å². The Morgan fingerprint density at radius 3 is 2.59 bits per heavy atom. The molecule has 0 spiro atoms. The van der Waals surface area contributed by atoms with Crippen molar-refractivity contribution in [3.8, 4) is 5.75 Å². The summed E-state index contributed by atoms with van der Waals surface area (Å²) >= 11 is 1.51. The number of nitrogens with zero attached hydrogens (tertiary/aromatic N) is 1. The Labute approximate surface area is 135 Å². The number of nitrogens with one attached hydrogen (secondary N) is 1. The van der Waals surface area contributed by atoms with Crippen molar-refractivity contribution < 1.29 is 9.53 Å². The van der Waals surface area contributed by atoms with Crippen LogP contribution in [0.4, 0.5) is 0 Å². The van der Waals surface area contributed by atoms with E-state index in [-0.39, 0.29) is 11.9 Å². The van der Waals surface area contributed by atoms with Gasteiger partial charge in [0.05, 0.1) is 18.0 Å². The summed E-state index contributed by atoms with van der Waals surface area (Å²) in [6, 6.07) is 11.8. The van der Waals surface area contributed by atoms with Gasteiger partial charge in [0.25, 0.3) is 5.91 Å². The number of ether oxygens (including phenoxy) is 1. The second-order valence-electron chi connectivity index (χ2n) is 5.34. The van der Waals surface area contributed by atoms with E-state index in [1.54, 1.807) is 7.11 Å². The van der Waals surface area contributed by atoms with E-state index in [4.69, 9.17) is 4.74 Å². The van der Waals surface area contributed by atoms with Gasteiger partial charge in [0, 0.05) is 17.0 Å². The van der Waals surface area contributed by atoms with E-state index >= 15 is 0 Å². The summed E-state index contributed by atoms with van der Waals surface area (Å²) in [6.07, 6.45) is 0. The van der Waals surface area contributed by atoms with Crippen molar-refractivity contribution in [3.05, 3.63) is 51.7 Å². The van der Waals surface area contributed by atoms with Crippen LogP contribution in [0.3, 0.4) is 0 Å². The van der Waals surface area contributed by atoms with E-state index in [0.29, 0.717) is 6.54 Å². The lowest BCUT2D eigenvalue weighted by Crippen LogP contribution is -2.34. The van der Waals surface area contributed by atoms with Gasteiger partial charge in [-0.05, 0) is 39.2 Å². The smallest absolute Gasteiger partial charge is 0.261 e. The topological polar surface area (TPSA) is 41.6 Å². The number of carbonyl (C=O) groups excluding carboxylic acids is 1. The highest BCUT2D eigenvalue weighted by Gasteiger charge is 2.19. The van der Waals surface area contributed by atoms with Gasteiger partial charge in [-0.15, -0.1) is 11.3 Å². The molecule has 1 aromatic carbocycles. The summed E-state index contributed by atoms with van der Waals surface area (Å²) in [6.45, 7) is 2.53. The fourth-order valence-electron chi connectivity index (χ4n) is 2.35.